The van der Waals surface area contributed by atoms with Crippen LogP contribution in [0.15, 0.2) is 23.1 Å². The molecule has 2 rings (SSSR count). The van der Waals surface area contributed by atoms with Crippen LogP contribution in [0.1, 0.15) is 33.1 Å². The molecule has 118 valence electrons. The van der Waals surface area contributed by atoms with Crippen LogP contribution in [0.4, 0.5) is 0 Å². The third kappa shape index (κ3) is 5.00. The second kappa shape index (κ2) is 8.39. The van der Waals surface area contributed by atoms with Gasteiger partial charge in [-0.3, -0.25) is 4.21 Å². The molecule has 5 heteroatoms. The summed E-state index contributed by atoms with van der Waals surface area (Å²) >= 11 is 0. The van der Waals surface area contributed by atoms with E-state index in [9.17, 15) is 4.21 Å². The number of nitrogens with one attached hydrogen (secondary N) is 1. The summed E-state index contributed by atoms with van der Waals surface area (Å²) in [6, 6.07) is 6.13. The van der Waals surface area contributed by atoms with Gasteiger partial charge in [-0.2, -0.15) is 0 Å². The maximum Gasteiger partial charge on any atom is 0.162 e. The van der Waals surface area contributed by atoms with Crippen LogP contribution in [0.3, 0.4) is 0 Å². The summed E-state index contributed by atoms with van der Waals surface area (Å²) in [7, 11) is -0.956. The van der Waals surface area contributed by atoms with Crippen molar-refractivity contribution >= 4 is 10.8 Å². The Morgan fingerprint density at radius 2 is 2.00 bits per heavy atom. The standard InChI is InChI=1S/C16H25NO3S/c1-3-17-13(2)6-4-5-11-21(18)14-7-8-15-16(12-14)20-10-9-19-15/h7-8,12-13,17H,3-6,9-11H2,1-2H3. The molecule has 1 aromatic carbocycles. The number of hydrogen-bond acceptors (Lipinski definition) is 4. The van der Waals surface area contributed by atoms with E-state index in [0.717, 1.165) is 36.5 Å². The average Bonchev–Trinajstić information content (AvgIpc) is 2.51. The molecule has 0 saturated carbocycles. The summed E-state index contributed by atoms with van der Waals surface area (Å²) < 4.78 is 23.3. The van der Waals surface area contributed by atoms with Gasteiger partial charge < -0.3 is 14.8 Å². The first-order valence-electron chi connectivity index (χ1n) is 7.72. The highest BCUT2D eigenvalue weighted by atomic mass is 32.2. The van der Waals surface area contributed by atoms with E-state index < -0.39 is 10.8 Å². The molecular weight excluding hydrogens is 286 g/mol. The summed E-state index contributed by atoms with van der Waals surface area (Å²) in [6.45, 7) is 6.46. The summed E-state index contributed by atoms with van der Waals surface area (Å²) in [4.78, 5) is 0.832. The van der Waals surface area contributed by atoms with E-state index in [0.29, 0.717) is 30.8 Å². The first-order valence-corrected chi connectivity index (χ1v) is 9.04. The van der Waals surface area contributed by atoms with Crippen molar-refractivity contribution in [2.75, 3.05) is 25.5 Å². The fraction of sp³-hybridized carbons (Fsp3) is 0.625. The molecule has 0 bridgehead atoms. The Morgan fingerprint density at radius 3 is 2.76 bits per heavy atom. The highest BCUT2D eigenvalue weighted by Gasteiger charge is 2.14. The summed E-state index contributed by atoms with van der Waals surface area (Å²) in [6.07, 6.45) is 3.22. The Balaban J connectivity index is 1.78. The lowest BCUT2D eigenvalue weighted by Crippen LogP contribution is -2.25. The van der Waals surface area contributed by atoms with Gasteiger partial charge in [-0.05, 0) is 38.4 Å². The molecule has 1 heterocycles. The molecule has 1 N–H and O–H groups in total. The van der Waals surface area contributed by atoms with Gasteiger partial charge in [-0.1, -0.05) is 13.3 Å². The van der Waals surface area contributed by atoms with Crippen LogP contribution in [0.2, 0.25) is 0 Å². The third-order valence-corrected chi connectivity index (χ3v) is 4.99. The van der Waals surface area contributed by atoms with Gasteiger partial charge >= 0.3 is 0 Å². The molecule has 1 aliphatic rings. The Morgan fingerprint density at radius 1 is 1.24 bits per heavy atom. The zero-order valence-corrected chi connectivity index (χ0v) is 13.7. The number of unbranched alkanes of at least 4 members (excludes halogenated alkanes) is 1. The van der Waals surface area contributed by atoms with Crippen molar-refractivity contribution < 1.29 is 13.7 Å². The van der Waals surface area contributed by atoms with Gasteiger partial charge in [0.15, 0.2) is 11.5 Å². The van der Waals surface area contributed by atoms with Gasteiger partial charge in [-0.15, -0.1) is 0 Å². The van der Waals surface area contributed by atoms with Crippen molar-refractivity contribution in [1.29, 1.82) is 0 Å². The molecule has 21 heavy (non-hydrogen) atoms. The minimum atomic E-state index is -0.956. The van der Waals surface area contributed by atoms with Crippen molar-refractivity contribution in [3.05, 3.63) is 18.2 Å². The molecule has 0 spiro atoms. The lowest BCUT2D eigenvalue weighted by molar-refractivity contribution is 0.171. The van der Waals surface area contributed by atoms with E-state index in [1.807, 2.05) is 18.2 Å². The molecule has 1 aromatic rings. The Hall–Kier alpha value is -1.07. The highest BCUT2D eigenvalue weighted by molar-refractivity contribution is 7.85. The van der Waals surface area contributed by atoms with Crippen molar-refractivity contribution in [3.8, 4) is 11.5 Å². The minimum Gasteiger partial charge on any atom is -0.486 e. The van der Waals surface area contributed by atoms with Crippen LogP contribution in [0.25, 0.3) is 0 Å². The summed E-state index contributed by atoms with van der Waals surface area (Å²) in [5, 5.41) is 3.39. The minimum absolute atomic E-state index is 0.540. The van der Waals surface area contributed by atoms with Crippen molar-refractivity contribution in [3.63, 3.8) is 0 Å². The van der Waals surface area contributed by atoms with Crippen LogP contribution in [0.5, 0.6) is 11.5 Å². The van der Waals surface area contributed by atoms with Gasteiger partial charge in [0.2, 0.25) is 0 Å². The molecule has 0 radical (unpaired) electrons. The lowest BCUT2D eigenvalue weighted by atomic mass is 10.1. The van der Waals surface area contributed by atoms with E-state index in [1.54, 1.807) is 0 Å². The number of ether oxygens (including phenoxy) is 2. The van der Waals surface area contributed by atoms with Crippen molar-refractivity contribution in [1.82, 2.24) is 5.32 Å². The van der Waals surface area contributed by atoms with Gasteiger partial charge in [0.25, 0.3) is 0 Å². The fourth-order valence-corrected chi connectivity index (χ4v) is 3.58. The Bertz CT molecular complexity index is 479. The zero-order valence-electron chi connectivity index (χ0n) is 12.9. The van der Waals surface area contributed by atoms with Crippen LogP contribution >= 0.6 is 0 Å². The molecule has 2 unspecified atom stereocenters. The van der Waals surface area contributed by atoms with Gasteiger partial charge in [0.1, 0.15) is 13.2 Å². The van der Waals surface area contributed by atoms with Gasteiger partial charge in [0.05, 0.1) is 10.8 Å². The highest BCUT2D eigenvalue weighted by Crippen LogP contribution is 2.31. The second-order valence-electron chi connectivity index (χ2n) is 5.31. The quantitative estimate of drug-likeness (QED) is 0.750. The number of benzene rings is 1. The summed E-state index contributed by atoms with van der Waals surface area (Å²) in [5.74, 6) is 2.17. The maximum absolute atomic E-state index is 12.3. The molecule has 2 atom stereocenters. The topological polar surface area (TPSA) is 47.6 Å². The molecule has 1 aliphatic heterocycles. The van der Waals surface area contributed by atoms with Crippen molar-refractivity contribution in [2.45, 2.75) is 44.0 Å². The monoisotopic (exact) mass is 311 g/mol. The number of rotatable bonds is 8. The predicted molar refractivity (Wildman–Crippen MR) is 85.7 cm³/mol. The van der Waals surface area contributed by atoms with Crippen molar-refractivity contribution in [2.24, 2.45) is 0 Å². The Kier molecular flexibility index (Phi) is 6.51. The third-order valence-electron chi connectivity index (χ3n) is 3.55. The molecule has 0 amide bonds. The predicted octanol–water partition coefficient (Wildman–Crippen LogP) is 2.73. The van der Waals surface area contributed by atoms with E-state index in [1.165, 1.54) is 0 Å². The molecular formula is C16H25NO3S. The SMILES string of the molecule is CCNC(C)CCCCS(=O)c1ccc2c(c1)OCCO2. The average molecular weight is 311 g/mol. The first-order chi connectivity index (χ1) is 10.2. The van der Waals surface area contributed by atoms with E-state index in [-0.39, 0.29) is 0 Å². The fourth-order valence-electron chi connectivity index (χ4n) is 2.42. The van der Waals surface area contributed by atoms with Crippen LogP contribution < -0.4 is 14.8 Å². The normalized spacial score (nSPS) is 16.5. The lowest BCUT2D eigenvalue weighted by Gasteiger charge is -2.18. The van der Waals surface area contributed by atoms with Crippen LogP contribution in [-0.4, -0.2) is 35.8 Å². The van der Waals surface area contributed by atoms with Crippen LogP contribution in [0, 0.1) is 0 Å². The van der Waals surface area contributed by atoms with E-state index in [2.05, 4.69) is 19.2 Å². The largest absolute Gasteiger partial charge is 0.486 e. The van der Waals surface area contributed by atoms with Gasteiger partial charge in [-0.25, -0.2) is 0 Å². The van der Waals surface area contributed by atoms with Crippen LogP contribution in [-0.2, 0) is 10.8 Å². The second-order valence-corrected chi connectivity index (χ2v) is 6.88. The molecule has 0 aliphatic carbocycles. The number of fused-ring (bicyclic) bond motifs is 1. The molecule has 0 aromatic heterocycles. The molecule has 4 nitrogen and oxygen atoms in total. The van der Waals surface area contributed by atoms with Gasteiger partial charge in [0, 0.05) is 22.8 Å². The van der Waals surface area contributed by atoms with E-state index in [4.69, 9.17) is 9.47 Å². The summed E-state index contributed by atoms with van der Waals surface area (Å²) in [5.41, 5.74) is 0. The van der Waals surface area contributed by atoms with E-state index >= 15 is 0 Å². The molecule has 0 fully saturated rings. The first kappa shape index (κ1) is 16.3. The zero-order chi connectivity index (χ0) is 15.1. The maximum atomic E-state index is 12.3. The number of hydrogen-bond donors (Lipinski definition) is 1. The smallest absolute Gasteiger partial charge is 0.162 e. The molecule has 0 saturated heterocycles. The Labute approximate surface area is 129 Å².